The van der Waals surface area contributed by atoms with Gasteiger partial charge in [-0.15, -0.1) is 0 Å². The molecule has 2 heterocycles. The summed E-state index contributed by atoms with van der Waals surface area (Å²) < 4.78 is 0. The number of amides is 3. The third-order valence-corrected chi connectivity index (χ3v) is 8.45. The van der Waals surface area contributed by atoms with E-state index in [0.717, 1.165) is 32.2 Å². The van der Waals surface area contributed by atoms with Gasteiger partial charge in [-0.25, -0.2) is 14.8 Å². The first-order valence-corrected chi connectivity index (χ1v) is 12.4. The summed E-state index contributed by atoms with van der Waals surface area (Å²) >= 11 is 0. The molecule has 1 aromatic heterocycles. The van der Waals surface area contributed by atoms with E-state index in [4.69, 9.17) is 5.73 Å². The van der Waals surface area contributed by atoms with Crippen LogP contribution in [0.2, 0.25) is 0 Å². The molecule has 184 valence electrons. The molecule has 0 aromatic carbocycles. The second kappa shape index (κ2) is 9.49. The summed E-state index contributed by atoms with van der Waals surface area (Å²) in [7, 11) is 4.33. The number of allylic oxidation sites excluding steroid dienone is 3. The number of hydrogen-bond acceptors (Lipinski definition) is 5. The summed E-state index contributed by atoms with van der Waals surface area (Å²) in [5.41, 5.74) is 6.71. The summed E-state index contributed by atoms with van der Waals surface area (Å²) in [6.45, 7) is 5.65. The average molecular weight is 467 g/mol. The number of nitrogens with zero attached hydrogens (tertiary/aromatic N) is 5. The van der Waals surface area contributed by atoms with Crippen LogP contribution in [0.3, 0.4) is 0 Å². The SMILES string of the molecule is C/C=C\C=C(/C)[C@]1(N(C)C)CC[C@@]2(CC1)CN(c1ncc(C(N)=O)cn1)C(=O)N2CC1CCC1. The van der Waals surface area contributed by atoms with E-state index in [1.54, 1.807) is 4.90 Å². The van der Waals surface area contributed by atoms with Crippen LogP contribution >= 0.6 is 0 Å². The lowest BCUT2D eigenvalue weighted by Crippen LogP contribution is -2.58. The minimum atomic E-state index is -0.573. The summed E-state index contributed by atoms with van der Waals surface area (Å²) in [6, 6.07) is -0.0164. The molecule has 34 heavy (non-hydrogen) atoms. The Morgan fingerprint density at radius 2 is 1.85 bits per heavy atom. The highest BCUT2D eigenvalue weighted by molar-refractivity contribution is 5.95. The normalized spacial score (nSPS) is 28.4. The number of anilines is 1. The Kier molecular flexibility index (Phi) is 6.80. The summed E-state index contributed by atoms with van der Waals surface area (Å²) in [5.74, 6) is 0.353. The topological polar surface area (TPSA) is 95.7 Å². The predicted octanol–water partition coefficient (Wildman–Crippen LogP) is 3.75. The average Bonchev–Trinajstić information content (AvgIpc) is 3.06. The number of urea groups is 1. The van der Waals surface area contributed by atoms with Crippen molar-refractivity contribution in [2.45, 2.75) is 69.9 Å². The lowest BCUT2D eigenvalue weighted by Gasteiger charge is -2.52. The first-order valence-electron chi connectivity index (χ1n) is 12.4. The molecule has 0 atom stereocenters. The lowest BCUT2D eigenvalue weighted by atomic mass is 9.68. The highest BCUT2D eigenvalue weighted by Gasteiger charge is 2.55. The Hall–Kier alpha value is -2.74. The molecule has 3 aliphatic rings. The van der Waals surface area contributed by atoms with Crippen molar-refractivity contribution in [2.75, 3.05) is 32.1 Å². The Morgan fingerprint density at radius 3 is 2.35 bits per heavy atom. The molecule has 1 aliphatic heterocycles. The van der Waals surface area contributed by atoms with Crippen molar-refractivity contribution in [2.24, 2.45) is 11.7 Å². The molecule has 0 bridgehead atoms. The van der Waals surface area contributed by atoms with Gasteiger partial charge < -0.3 is 10.6 Å². The number of carbonyl (C=O) groups is 2. The molecule has 1 saturated heterocycles. The molecule has 2 N–H and O–H groups in total. The molecule has 8 heteroatoms. The standard InChI is InChI=1S/C26H38N6O2/c1-5-6-8-19(2)26(30(3)4)13-11-25(12-14-26)18-31(23-28-15-21(16-29-23)22(27)33)24(34)32(25)17-20-9-7-10-20/h5-6,8,15-16,20H,7,9-14,17-18H2,1-4H3,(H2,27,33)/b6-5-,19-8+/t25-,26+. The maximum atomic E-state index is 13.7. The third kappa shape index (κ3) is 4.24. The number of aromatic nitrogens is 2. The van der Waals surface area contributed by atoms with Crippen molar-refractivity contribution in [1.82, 2.24) is 19.8 Å². The van der Waals surface area contributed by atoms with Crippen molar-refractivity contribution in [3.8, 4) is 0 Å². The minimum absolute atomic E-state index is 0.0109. The van der Waals surface area contributed by atoms with E-state index in [2.05, 4.69) is 59.0 Å². The monoisotopic (exact) mass is 466 g/mol. The Balaban J connectivity index is 1.62. The molecule has 2 saturated carbocycles. The Labute approximate surface area is 202 Å². The van der Waals surface area contributed by atoms with Crippen LogP contribution in [-0.4, -0.2) is 70.0 Å². The fraction of sp³-hybridized carbons (Fsp3) is 0.615. The van der Waals surface area contributed by atoms with E-state index >= 15 is 0 Å². The van der Waals surface area contributed by atoms with Gasteiger partial charge in [0.2, 0.25) is 5.95 Å². The van der Waals surface area contributed by atoms with Gasteiger partial charge in [0.25, 0.3) is 5.91 Å². The quantitative estimate of drug-likeness (QED) is 0.618. The van der Waals surface area contributed by atoms with Crippen molar-refractivity contribution in [3.63, 3.8) is 0 Å². The second-order valence-corrected chi connectivity index (χ2v) is 10.4. The van der Waals surface area contributed by atoms with Crippen LogP contribution in [0.5, 0.6) is 0 Å². The lowest BCUT2D eigenvalue weighted by molar-refractivity contribution is 0.0365. The molecule has 1 aromatic rings. The highest BCUT2D eigenvalue weighted by atomic mass is 16.2. The van der Waals surface area contributed by atoms with Crippen molar-refractivity contribution >= 4 is 17.9 Å². The van der Waals surface area contributed by atoms with Gasteiger partial charge in [0.1, 0.15) is 0 Å². The van der Waals surface area contributed by atoms with Crippen LogP contribution in [0.25, 0.3) is 0 Å². The molecule has 1 spiro atoms. The Bertz CT molecular complexity index is 972. The first kappa shape index (κ1) is 24.4. The van der Waals surface area contributed by atoms with Gasteiger partial charge in [-0.3, -0.25) is 14.6 Å². The van der Waals surface area contributed by atoms with Gasteiger partial charge in [-0.1, -0.05) is 30.2 Å². The number of rotatable bonds is 7. The Morgan fingerprint density at radius 1 is 1.21 bits per heavy atom. The number of likely N-dealkylation sites (N-methyl/N-ethyl adjacent to an activating group) is 1. The molecular formula is C26H38N6O2. The fourth-order valence-electron chi connectivity index (χ4n) is 5.89. The van der Waals surface area contributed by atoms with Gasteiger partial charge in [0.05, 0.1) is 17.6 Å². The third-order valence-electron chi connectivity index (χ3n) is 8.45. The molecule has 3 fully saturated rings. The van der Waals surface area contributed by atoms with Crippen molar-refractivity contribution in [3.05, 3.63) is 41.8 Å². The van der Waals surface area contributed by atoms with Gasteiger partial charge in [0.15, 0.2) is 0 Å². The van der Waals surface area contributed by atoms with Crippen LogP contribution in [0, 0.1) is 5.92 Å². The second-order valence-electron chi connectivity index (χ2n) is 10.4. The predicted molar refractivity (Wildman–Crippen MR) is 134 cm³/mol. The van der Waals surface area contributed by atoms with Gasteiger partial charge in [-0.2, -0.15) is 0 Å². The minimum Gasteiger partial charge on any atom is -0.366 e. The van der Waals surface area contributed by atoms with E-state index < -0.39 is 5.91 Å². The van der Waals surface area contributed by atoms with Crippen molar-refractivity contribution < 1.29 is 9.59 Å². The maximum absolute atomic E-state index is 13.7. The largest absolute Gasteiger partial charge is 0.366 e. The van der Waals surface area contributed by atoms with E-state index in [-0.39, 0.29) is 22.7 Å². The van der Waals surface area contributed by atoms with Crippen LogP contribution in [0.15, 0.2) is 36.2 Å². The molecular weight excluding hydrogens is 428 g/mol. The van der Waals surface area contributed by atoms with E-state index in [9.17, 15) is 9.59 Å². The molecule has 8 nitrogen and oxygen atoms in total. The van der Waals surface area contributed by atoms with Crippen molar-refractivity contribution in [1.29, 1.82) is 0 Å². The first-order chi connectivity index (χ1) is 16.2. The van der Waals surface area contributed by atoms with Gasteiger partial charge >= 0.3 is 6.03 Å². The number of hydrogen-bond donors (Lipinski definition) is 1. The summed E-state index contributed by atoms with van der Waals surface area (Å²) in [4.78, 5) is 39.9. The maximum Gasteiger partial charge on any atom is 0.327 e. The summed E-state index contributed by atoms with van der Waals surface area (Å²) in [5, 5.41) is 0. The smallest absolute Gasteiger partial charge is 0.327 e. The summed E-state index contributed by atoms with van der Waals surface area (Å²) in [6.07, 6.45) is 16.7. The molecule has 4 rings (SSSR count). The molecule has 3 amide bonds. The van der Waals surface area contributed by atoms with Gasteiger partial charge in [0, 0.05) is 24.5 Å². The van der Waals surface area contributed by atoms with E-state index in [0.29, 0.717) is 18.4 Å². The van der Waals surface area contributed by atoms with E-state index in [1.807, 2.05) is 6.92 Å². The number of primary amides is 1. The van der Waals surface area contributed by atoms with E-state index in [1.165, 1.54) is 37.2 Å². The number of nitrogens with two attached hydrogens (primary N) is 1. The van der Waals surface area contributed by atoms with Crippen LogP contribution in [0.4, 0.5) is 10.7 Å². The fourth-order valence-corrected chi connectivity index (χ4v) is 5.89. The van der Waals surface area contributed by atoms with Gasteiger partial charge in [-0.05, 0) is 72.4 Å². The zero-order valence-corrected chi connectivity index (χ0v) is 21.0. The highest BCUT2D eigenvalue weighted by Crippen LogP contribution is 2.48. The zero-order chi connectivity index (χ0) is 24.5. The van der Waals surface area contributed by atoms with Crippen LogP contribution in [0.1, 0.15) is 69.2 Å². The molecule has 0 radical (unpaired) electrons. The number of carbonyl (C=O) groups excluding carboxylic acids is 2. The van der Waals surface area contributed by atoms with Crippen LogP contribution in [-0.2, 0) is 0 Å². The zero-order valence-electron chi connectivity index (χ0n) is 21.0. The van der Waals surface area contributed by atoms with Crippen LogP contribution < -0.4 is 10.6 Å². The molecule has 0 unspecified atom stereocenters. The molecule has 2 aliphatic carbocycles.